The van der Waals surface area contributed by atoms with E-state index in [1.165, 1.54) is 7.11 Å². The lowest BCUT2D eigenvalue weighted by atomic mass is 9.98. The molecule has 1 aromatic heterocycles. The fraction of sp³-hybridized carbons (Fsp3) is 0.190. The van der Waals surface area contributed by atoms with Gasteiger partial charge in [-0.05, 0) is 35.2 Å². The minimum atomic E-state index is -0.341. The lowest BCUT2D eigenvalue weighted by Gasteiger charge is -2.11. The fourth-order valence-electron chi connectivity index (χ4n) is 2.99. The van der Waals surface area contributed by atoms with Gasteiger partial charge in [-0.1, -0.05) is 43.3 Å². The first-order valence-electron chi connectivity index (χ1n) is 8.70. The minimum Gasteiger partial charge on any atom is -0.465 e. The molecule has 27 heavy (non-hydrogen) atoms. The number of aryl methyl sites for hydroxylation is 1. The van der Waals surface area contributed by atoms with E-state index >= 15 is 0 Å². The number of esters is 1. The summed E-state index contributed by atoms with van der Waals surface area (Å²) in [5.41, 5.74) is 17.3. The average Bonchev–Trinajstić information content (AvgIpc) is 2.69. The number of carbonyl (C=O) groups is 1. The van der Waals surface area contributed by atoms with Crippen LogP contribution in [-0.4, -0.2) is 23.0 Å². The molecule has 0 unspecified atom stereocenters. The Morgan fingerprint density at radius 1 is 0.963 bits per heavy atom. The predicted molar refractivity (Wildman–Crippen MR) is 106 cm³/mol. The molecule has 6 heteroatoms. The lowest BCUT2D eigenvalue weighted by molar-refractivity contribution is 0.0601. The summed E-state index contributed by atoms with van der Waals surface area (Å²) >= 11 is 0. The van der Waals surface area contributed by atoms with Gasteiger partial charge in [-0.25, -0.2) is 9.78 Å². The number of hydrogen-bond acceptors (Lipinski definition) is 6. The number of nitrogens with two attached hydrogens (primary N) is 2. The average molecular weight is 362 g/mol. The third-order valence-electron chi connectivity index (χ3n) is 4.45. The second-order valence-electron chi connectivity index (χ2n) is 6.19. The van der Waals surface area contributed by atoms with Crippen molar-refractivity contribution in [2.45, 2.75) is 19.8 Å². The summed E-state index contributed by atoms with van der Waals surface area (Å²) in [6.07, 6.45) is 1.40. The summed E-state index contributed by atoms with van der Waals surface area (Å²) in [6.45, 7) is 2.02. The zero-order valence-corrected chi connectivity index (χ0v) is 15.4. The van der Waals surface area contributed by atoms with Gasteiger partial charge in [0.15, 0.2) is 0 Å². The van der Waals surface area contributed by atoms with Gasteiger partial charge in [0.1, 0.15) is 5.82 Å². The van der Waals surface area contributed by atoms with Crippen molar-refractivity contribution < 1.29 is 9.53 Å². The number of nitrogen functional groups attached to an aromatic ring is 2. The van der Waals surface area contributed by atoms with Crippen LogP contribution in [0.5, 0.6) is 0 Å². The number of methoxy groups -OCH3 is 1. The minimum absolute atomic E-state index is 0.207. The number of carbonyl (C=O) groups excluding carboxylic acids is 1. The first-order chi connectivity index (χ1) is 13.0. The van der Waals surface area contributed by atoms with Gasteiger partial charge in [0.25, 0.3) is 0 Å². The molecule has 0 fully saturated rings. The molecule has 3 aromatic rings. The van der Waals surface area contributed by atoms with E-state index in [-0.39, 0.29) is 11.9 Å². The fourth-order valence-corrected chi connectivity index (χ4v) is 2.99. The Hall–Kier alpha value is -3.41. The zero-order valence-electron chi connectivity index (χ0n) is 15.4. The summed E-state index contributed by atoms with van der Waals surface area (Å²) < 4.78 is 4.72. The molecular formula is C21H22N4O2. The van der Waals surface area contributed by atoms with E-state index in [2.05, 4.69) is 22.1 Å². The van der Waals surface area contributed by atoms with Crippen molar-refractivity contribution in [1.82, 2.24) is 9.97 Å². The third-order valence-corrected chi connectivity index (χ3v) is 4.45. The van der Waals surface area contributed by atoms with Crippen LogP contribution in [0.3, 0.4) is 0 Å². The number of hydrogen-bond donors (Lipinski definition) is 2. The molecule has 0 bridgehead atoms. The number of nitrogens with zero attached hydrogens (tertiary/aromatic N) is 2. The second-order valence-corrected chi connectivity index (χ2v) is 6.19. The molecule has 0 saturated heterocycles. The van der Waals surface area contributed by atoms with E-state index in [9.17, 15) is 4.79 Å². The van der Waals surface area contributed by atoms with Gasteiger partial charge in [0, 0.05) is 12.0 Å². The molecule has 4 N–H and O–H groups in total. The van der Waals surface area contributed by atoms with Crippen LogP contribution in [0.4, 0.5) is 11.8 Å². The first kappa shape index (κ1) is 18.4. The smallest absolute Gasteiger partial charge is 0.337 e. The normalized spacial score (nSPS) is 10.6. The van der Waals surface area contributed by atoms with E-state index in [0.717, 1.165) is 34.4 Å². The molecule has 0 aliphatic rings. The van der Waals surface area contributed by atoms with Crippen LogP contribution >= 0.6 is 0 Å². The quantitative estimate of drug-likeness (QED) is 0.675. The predicted octanol–water partition coefficient (Wildman–Crippen LogP) is 3.25. The topological polar surface area (TPSA) is 104 Å². The number of aromatic nitrogens is 2. The van der Waals surface area contributed by atoms with Crippen molar-refractivity contribution in [2.24, 2.45) is 0 Å². The van der Waals surface area contributed by atoms with Crippen LogP contribution in [0, 0.1) is 0 Å². The van der Waals surface area contributed by atoms with E-state index in [0.29, 0.717) is 17.8 Å². The molecule has 0 saturated carbocycles. The van der Waals surface area contributed by atoms with E-state index in [4.69, 9.17) is 16.2 Å². The molecule has 0 aliphatic carbocycles. The molecular weight excluding hydrogens is 340 g/mol. The molecule has 0 atom stereocenters. The van der Waals surface area contributed by atoms with Crippen LogP contribution in [0.2, 0.25) is 0 Å². The van der Waals surface area contributed by atoms with Crippen molar-refractivity contribution in [3.8, 4) is 11.1 Å². The van der Waals surface area contributed by atoms with E-state index < -0.39 is 0 Å². The standard InChI is InChI=1S/C21H22N4O2/c1-3-18-17(19(22)25-21(23)24-18)12-13-4-6-14(7-5-13)15-8-10-16(11-9-15)20(26)27-2/h4-11H,3,12H2,1-2H3,(H4,22,23,24,25). The number of anilines is 2. The maximum absolute atomic E-state index is 11.5. The first-order valence-corrected chi connectivity index (χ1v) is 8.70. The summed E-state index contributed by atoms with van der Waals surface area (Å²) in [5, 5.41) is 0. The van der Waals surface area contributed by atoms with Crippen molar-refractivity contribution >= 4 is 17.7 Å². The van der Waals surface area contributed by atoms with Crippen LogP contribution in [0.15, 0.2) is 48.5 Å². The Morgan fingerprint density at radius 2 is 1.56 bits per heavy atom. The summed E-state index contributed by atoms with van der Waals surface area (Å²) in [6, 6.07) is 15.5. The molecule has 0 radical (unpaired) electrons. The van der Waals surface area contributed by atoms with Gasteiger partial charge < -0.3 is 16.2 Å². The van der Waals surface area contributed by atoms with E-state index in [1.54, 1.807) is 12.1 Å². The molecule has 138 valence electrons. The third kappa shape index (κ3) is 4.06. The van der Waals surface area contributed by atoms with Gasteiger partial charge in [0.2, 0.25) is 5.95 Å². The Kier molecular flexibility index (Phi) is 5.35. The molecule has 3 rings (SSSR count). The number of rotatable bonds is 5. The van der Waals surface area contributed by atoms with Crippen molar-refractivity contribution in [1.29, 1.82) is 0 Å². The Labute approximate surface area is 158 Å². The van der Waals surface area contributed by atoms with Gasteiger partial charge in [-0.2, -0.15) is 4.98 Å². The Balaban J connectivity index is 1.81. The highest BCUT2D eigenvalue weighted by atomic mass is 16.5. The largest absolute Gasteiger partial charge is 0.465 e. The van der Waals surface area contributed by atoms with Crippen LogP contribution in [0.25, 0.3) is 11.1 Å². The Morgan fingerprint density at radius 3 is 2.11 bits per heavy atom. The molecule has 2 aromatic carbocycles. The molecule has 1 heterocycles. The molecule has 6 nitrogen and oxygen atoms in total. The van der Waals surface area contributed by atoms with Crippen LogP contribution in [-0.2, 0) is 17.6 Å². The lowest BCUT2D eigenvalue weighted by Crippen LogP contribution is -2.09. The Bertz CT molecular complexity index is 951. The van der Waals surface area contributed by atoms with Crippen LogP contribution < -0.4 is 11.5 Å². The highest BCUT2D eigenvalue weighted by Crippen LogP contribution is 2.24. The van der Waals surface area contributed by atoms with Crippen molar-refractivity contribution in [3.63, 3.8) is 0 Å². The number of benzene rings is 2. The van der Waals surface area contributed by atoms with Crippen molar-refractivity contribution in [3.05, 3.63) is 70.9 Å². The summed E-state index contributed by atoms with van der Waals surface area (Å²) in [4.78, 5) is 19.9. The van der Waals surface area contributed by atoms with Gasteiger partial charge in [-0.3, -0.25) is 0 Å². The van der Waals surface area contributed by atoms with Gasteiger partial charge >= 0.3 is 5.97 Å². The van der Waals surface area contributed by atoms with Gasteiger partial charge in [0.05, 0.1) is 18.4 Å². The van der Waals surface area contributed by atoms with Crippen LogP contribution in [0.1, 0.15) is 34.1 Å². The zero-order chi connectivity index (χ0) is 19.4. The van der Waals surface area contributed by atoms with Gasteiger partial charge in [-0.15, -0.1) is 0 Å². The monoisotopic (exact) mass is 362 g/mol. The number of ether oxygens (including phenoxy) is 1. The molecule has 0 amide bonds. The summed E-state index contributed by atoms with van der Waals surface area (Å²) in [7, 11) is 1.37. The summed E-state index contributed by atoms with van der Waals surface area (Å²) in [5.74, 6) is 0.299. The highest BCUT2D eigenvalue weighted by Gasteiger charge is 2.11. The SMILES string of the molecule is CCc1nc(N)nc(N)c1Cc1ccc(-c2ccc(C(=O)OC)cc2)cc1. The molecule has 0 spiro atoms. The van der Waals surface area contributed by atoms with Crippen molar-refractivity contribution in [2.75, 3.05) is 18.6 Å². The maximum atomic E-state index is 11.5. The highest BCUT2D eigenvalue weighted by molar-refractivity contribution is 5.89. The van der Waals surface area contributed by atoms with E-state index in [1.807, 2.05) is 31.2 Å². The molecule has 0 aliphatic heterocycles. The second kappa shape index (κ2) is 7.86. The maximum Gasteiger partial charge on any atom is 0.337 e.